The lowest BCUT2D eigenvalue weighted by Gasteiger charge is -2.30. The zero-order chi connectivity index (χ0) is 19.0. The molecule has 4 aromatic rings. The fourth-order valence-electron chi connectivity index (χ4n) is 3.76. The Balaban J connectivity index is 2.08. The van der Waals surface area contributed by atoms with E-state index >= 15 is 0 Å². The van der Waals surface area contributed by atoms with Crippen molar-refractivity contribution in [2.75, 3.05) is 0 Å². The molecule has 1 atom stereocenters. The summed E-state index contributed by atoms with van der Waals surface area (Å²) in [6, 6.07) is 22.9. The lowest BCUT2D eigenvalue weighted by Crippen LogP contribution is -2.32. The minimum absolute atomic E-state index is 0.175. The predicted octanol–water partition coefficient (Wildman–Crippen LogP) is 5.32. The van der Waals surface area contributed by atoms with Gasteiger partial charge in [-0.25, -0.2) is 0 Å². The third-order valence-corrected chi connectivity index (χ3v) is 5.88. The van der Waals surface area contributed by atoms with Gasteiger partial charge >= 0.3 is 0 Å². The van der Waals surface area contributed by atoms with E-state index in [1.807, 2.05) is 61.5 Å². The molecule has 0 saturated heterocycles. The highest BCUT2D eigenvalue weighted by atomic mass is 127. The molecule has 2 N–H and O–H groups in total. The molecule has 0 fully saturated rings. The van der Waals surface area contributed by atoms with Gasteiger partial charge in [0.2, 0.25) is 0 Å². The largest absolute Gasteiger partial charge is 0.508 e. The van der Waals surface area contributed by atoms with Crippen LogP contribution in [0.5, 0.6) is 5.75 Å². The Hall–Kier alpha value is -2.60. The third-order valence-electron chi connectivity index (χ3n) is 5.16. The fraction of sp³-hybridized carbons (Fsp3) is 0.0870. The maximum atomic E-state index is 12.7. The van der Waals surface area contributed by atoms with Gasteiger partial charge in [-0.05, 0) is 76.5 Å². The standard InChI is InChI=1S/C23H18INO2/c1-15-20-4-2-3-5-21(20)25-22(15)23(14-26,16-6-10-18(24)11-7-16)17-8-12-19(27)13-9-17/h2-14,25,27H,1H3/t23-/m1/s1. The summed E-state index contributed by atoms with van der Waals surface area (Å²) >= 11 is 2.26. The van der Waals surface area contributed by atoms with Crippen molar-refractivity contribution in [3.05, 3.63) is 98.8 Å². The molecule has 0 bridgehead atoms. The number of rotatable bonds is 4. The monoisotopic (exact) mass is 467 g/mol. The van der Waals surface area contributed by atoms with Crippen LogP contribution in [0.25, 0.3) is 10.9 Å². The molecule has 0 aliphatic carbocycles. The van der Waals surface area contributed by atoms with Crippen LogP contribution in [0.4, 0.5) is 0 Å². The first-order valence-corrected chi connectivity index (χ1v) is 9.74. The van der Waals surface area contributed by atoms with E-state index in [2.05, 4.69) is 33.6 Å². The van der Waals surface area contributed by atoms with Gasteiger partial charge in [0.15, 0.2) is 0 Å². The number of carbonyl (C=O) groups excluding carboxylic acids is 1. The van der Waals surface area contributed by atoms with Gasteiger partial charge < -0.3 is 14.9 Å². The van der Waals surface area contributed by atoms with Crippen molar-refractivity contribution >= 4 is 39.8 Å². The smallest absolute Gasteiger partial charge is 0.140 e. The molecule has 0 aliphatic heterocycles. The van der Waals surface area contributed by atoms with Crippen molar-refractivity contribution in [2.24, 2.45) is 0 Å². The second-order valence-corrected chi connectivity index (χ2v) is 7.90. The topological polar surface area (TPSA) is 53.1 Å². The molecule has 4 heteroatoms. The van der Waals surface area contributed by atoms with Crippen molar-refractivity contribution in [1.82, 2.24) is 4.98 Å². The number of phenolic OH excluding ortho intramolecular Hbond substituents is 1. The minimum Gasteiger partial charge on any atom is -0.508 e. The van der Waals surface area contributed by atoms with E-state index in [1.165, 1.54) is 0 Å². The Labute approximate surface area is 171 Å². The van der Waals surface area contributed by atoms with Crippen molar-refractivity contribution in [1.29, 1.82) is 0 Å². The molecule has 4 rings (SSSR count). The van der Waals surface area contributed by atoms with Gasteiger partial charge in [0.1, 0.15) is 17.5 Å². The number of halogens is 1. The van der Waals surface area contributed by atoms with E-state index < -0.39 is 5.41 Å². The first-order valence-electron chi connectivity index (χ1n) is 8.66. The maximum Gasteiger partial charge on any atom is 0.140 e. The van der Waals surface area contributed by atoms with Gasteiger partial charge in [-0.15, -0.1) is 0 Å². The Morgan fingerprint density at radius 3 is 2.11 bits per heavy atom. The van der Waals surface area contributed by atoms with Gasteiger partial charge in [0.05, 0.1) is 0 Å². The van der Waals surface area contributed by atoms with Crippen LogP contribution in [0.2, 0.25) is 0 Å². The van der Waals surface area contributed by atoms with Crippen molar-refractivity contribution in [2.45, 2.75) is 12.3 Å². The highest BCUT2D eigenvalue weighted by molar-refractivity contribution is 14.1. The molecular weight excluding hydrogens is 449 g/mol. The number of aldehydes is 1. The molecule has 27 heavy (non-hydrogen) atoms. The van der Waals surface area contributed by atoms with Gasteiger partial charge in [0.25, 0.3) is 0 Å². The maximum absolute atomic E-state index is 12.7. The highest BCUT2D eigenvalue weighted by Crippen LogP contribution is 2.41. The van der Waals surface area contributed by atoms with Crippen LogP contribution in [-0.4, -0.2) is 16.4 Å². The normalized spacial score (nSPS) is 13.4. The van der Waals surface area contributed by atoms with E-state index in [9.17, 15) is 9.90 Å². The Kier molecular flexibility index (Phi) is 4.52. The number of aromatic nitrogens is 1. The molecular formula is C23H18INO2. The molecule has 134 valence electrons. The number of para-hydroxylation sites is 1. The zero-order valence-electron chi connectivity index (χ0n) is 14.7. The van der Waals surface area contributed by atoms with Crippen LogP contribution >= 0.6 is 22.6 Å². The van der Waals surface area contributed by atoms with Crippen LogP contribution in [0.15, 0.2) is 72.8 Å². The van der Waals surface area contributed by atoms with Crippen molar-refractivity contribution < 1.29 is 9.90 Å². The Morgan fingerprint density at radius 2 is 1.52 bits per heavy atom. The molecule has 0 aliphatic rings. The number of carbonyl (C=O) groups is 1. The van der Waals surface area contributed by atoms with Crippen LogP contribution < -0.4 is 0 Å². The van der Waals surface area contributed by atoms with E-state index in [0.29, 0.717) is 0 Å². The second-order valence-electron chi connectivity index (χ2n) is 6.65. The summed E-state index contributed by atoms with van der Waals surface area (Å²) in [5.41, 5.74) is 3.61. The first kappa shape index (κ1) is 17.8. The summed E-state index contributed by atoms with van der Waals surface area (Å²) in [4.78, 5) is 16.2. The van der Waals surface area contributed by atoms with E-state index in [0.717, 1.165) is 43.1 Å². The fourth-order valence-corrected chi connectivity index (χ4v) is 4.12. The molecule has 1 heterocycles. The summed E-state index contributed by atoms with van der Waals surface area (Å²) in [5.74, 6) is 0.175. The lowest BCUT2D eigenvalue weighted by atomic mass is 9.72. The molecule has 0 unspecified atom stereocenters. The molecule has 0 saturated carbocycles. The van der Waals surface area contributed by atoms with Crippen LogP contribution in [0.1, 0.15) is 22.4 Å². The number of nitrogens with one attached hydrogen (secondary N) is 1. The number of hydrogen-bond acceptors (Lipinski definition) is 2. The van der Waals surface area contributed by atoms with Crippen molar-refractivity contribution in [3.63, 3.8) is 0 Å². The quantitative estimate of drug-likeness (QED) is 0.315. The van der Waals surface area contributed by atoms with Gasteiger partial charge in [-0.1, -0.05) is 42.5 Å². The summed E-state index contributed by atoms with van der Waals surface area (Å²) in [7, 11) is 0. The van der Waals surface area contributed by atoms with E-state index in [1.54, 1.807) is 12.1 Å². The molecule has 0 amide bonds. The SMILES string of the molecule is Cc1c([C@@](C=O)(c2ccc(O)cc2)c2ccc(I)cc2)[nH]c2ccccc12. The van der Waals surface area contributed by atoms with Crippen LogP contribution in [0, 0.1) is 10.5 Å². The number of fused-ring (bicyclic) bond motifs is 1. The number of benzene rings is 3. The third kappa shape index (κ3) is 2.84. The van der Waals surface area contributed by atoms with E-state index in [4.69, 9.17) is 0 Å². The first-order chi connectivity index (χ1) is 13.1. The van der Waals surface area contributed by atoms with Gasteiger partial charge in [0, 0.05) is 20.2 Å². The summed E-state index contributed by atoms with van der Waals surface area (Å²) < 4.78 is 1.11. The molecule has 1 aromatic heterocycles. The predicted molar refractivity (Wildman–Crippen MR) is 116 cm³/mol. The number of aromatic amines is 1. The summed E-state index contributed by atoms with van der Waals surface area (Å²) in [5, 5.41) is 10.8. The number of hydrogen-bond donors (Lipinski definition) is 2. The average Bonchev–Trinajstić information content (AvgIpc) is 3.03. The zero-order valence-corrected chi connectivity index (χ0v) is 16.9. The minimum atomic E-state index is -0.985. The summed E-state index contributed by atoms with van der Waals surface area (Å²) in [6.45, 7) is 2.04. The molecule has 0 radical (unpaired) electrons. The van der Waals surface area contributed by atoms with Crippen molar-refractivity contribution in [3.8, 4) is 5.75 Å². The van der Waals surface area contributed by atoms with Gasteiger partial charge in [-0.3, -0.25) is 0 Å². The second kappa shape index (κ2) is 6.85. The Bertz CT molecular complexity index is 1070. The number of aromatic hydroxyl groups is 1. The number of H-pyrrole nitrogens is 1. The Morgan fingerprint density at radius 1 is 0.926 bits per heavy atom. The molecule has 0 spiro atoms. The average molecular weight is 467 g/mol. The number of phenols is 1. The van der Waals surface area contributed by atoms with E-state index in [-0.39, 0.29) is 5.75 Å². The van der Waals surface area contributed by atoms with Crippen LogP contribution in [-0.2, 0) is 10.2 Å². The summed E-state index contributed by atoms with van der Waals surface area (Å²) in [6.07, 6.45) is 0.999. The molecule has 3 aromatic carbocycles. The van der Waals surface area contributed by atoms with Gasteiger partial charge in [-0.2, -0.15) is 0 Å². The molecule has 3 nitrogen and oxygen atoms in total. The highest BCUT2D eigenvalue weighted by Gasteiger charge is 2.39. The lowest BCUT2D eigenvalue weighted by molar-refractivity contribution is -0.110. The number of aryl methyl sites for hydroxylation is 1. The van der Waals surface area contributed by atoms with Crippen LogP contribution in [0.3, 0.4) is 0 Å².